The van der Waals surface area contributed by atoms with Crippen molar-refractivity contribution in [2.75, 3.05) is 5.73 Å². The first-order valence-electron chi connectivity index (χ1n) is 2.96. The maximum absolute atomic E-state index is 5.59. The number of anilines is 1. The lowest BCUT2D eigenvalue weighted by Gasteiger charge is -1.90. The van der Waals surface area contributed by atoms with Crippen LogP contribution in [0.5, 0.6) is 0 Å². The molecule has 3 N–H and O–H groups in total. The molecule has 0 spiro atoms. The van der Waals surface area contributed by atoms with E-state index in [9.17, 15) is 0 Å². The van der Waals surface area contributed by atoms with Crippen LogP contribution < -0.4 is 5.73 Å². The van der Waals surface area contributed by atoms with E-state index in [4.69, 9.17) is 5.73 Å². The van der Waals surface area contributed by atoms with E-state index in [1.165, 1.54) is 0 Å². The average Bonchev–Trinajstić information content (AvgIpc) is 2.36. The van der Waals surface area contributed by atoms with Crippen LogP contribution in [0.4, 0.5) is 5.69 Å². The Hall–Kier alpha value is -1.51. The third-order valence-corrected chi connectivity index (χ3v) is 1.41. The number of aromatic nitrogens is 2. The normalized spacial score (nSPS) is 10.4. The van der Waals surface area contributed by atoms with E-state index in [0.717, 1.165) is 11.0 Å². The molecule has 1 aromatic heterocycles. The van der Waals surface area contributed by atoms with Crippen molar-refractivity contribution in [3.05, 3.63) is 24.5 Å². The highest BCUT2D eigenvalue weighted by Crippen LogP contribution is 2.14. The number of aromatic amines is 1. The number of nitrogen functional groups attached to an aromatic ring is 1. The molecule has 0 unspecified atom stereocenters. The number of nitrogens with one attached hydrogen (secondary N) is 1. The molecule has 0 amide bonds. The van der Waals surface area contributed by atoms with Gasteiger partial charge in [0.15, 0.2) is 0 Å². The molecule has 0 saturated carbocycles. The number of hydrogen-bond donors (Lipinski definition) is 2. The lowest BCUT2D eigenvalue weighted by Crippen LogP contribution is -1.84. The first-order chi connectivity index (χ1) is 4.88. The molecule has 0 atom stereocenters. The Morgan fingerprint density at radius 1 is 1.50 bits per heavy atom. The Bertz CT molecular complexity index is 350. The van der Waals surface area contributed by atoms with E-state index >= 15 is 0 Å². The van der Waals surface area contributed by atoms with Crippen molar-refractivity contribution in [3.8, 4) is 0 Å². The summed E-state index contributed by atoms with van der Waals surface area (Å²) >= 11 is 0. The van der Waals surface area contributed by atoms with Crippen molar-refractivity contribution in [3.63, 3.8) is 0 Å². The van der Waals surface area contributed by atoms with Crippen LogP contribution in [0.25, 0.3) is 11.0 Å². The predicted molar refractivity (Wildman–Crippen MR) is 39.3 cm³/mol. The van der Waals surface area contributed by atoms with Gasteiger partial charge in [-0.25, -0.2) is 4.98 Å². The number of nitrogens with two attached hydrogens (primary N) is 1. The lowest BCUT2D eigenvalue weighted by molar-refractivity contribution is 1.34. The summed E-state index contributed by atoms with van der Waals surface area (Å²) in [6, 6.07) is 6.42. The number of benzene rings is 1. The summed E-state index contributed by atoms with van der Waals surface area (Å²) in [5, 5.41) is 0. The number of H-pyrrole nitrogens is 1. The second kappa shape index (κ2) is 1.73. The fraction of sp³-hybridized carbons (Fsp3) is 0. The molecule has 2 aromatic rings. The van der Waals surface area contributed by atoms with Gasteiger partial charge in [-0.2, -0.15) is 0 Å². The van der Waals surface area contributed by atoms with Gasteiger partial charge in [-0.05, 0) is 18.2 Å². The quantitative estimate of drug-likeness (QED) is 0.524. The Labute approximate surface area is 57.9 Å². The summed E-state index contributed by atoms with van der Waals surface area (Å²) in [6.07, 6.45) is 1.62. The zero-order chi connectivity index (χ0) is 6.97. The van der Waals surface area contributed by atoms with Crippen LogP contribution in [0.3, 0.4) is 0 Å². The smallest absolute Gasteiger partial charge is 0.111 e. The van der Waals surface area contributed by atoms with Crippen LogP contribution >= 0.6 is 0 Å². The minimum Gasteiger partial charge on any atom is -0.397 e. The number of imidazole rings is 1. The van der Waals surface area contributed by atoms with Gasteiger partial charge in [0.05, 0.1) is 17.5 Å². The van der Waals surface area contributed by atoms with Crippen molar-refractivity contribution >= 4 is 16.7 Å². The first kappa shape index (κ1) is 5.29. The summed E-state index contributed by atoms with van der Waals surface area (Å²) in [5.41, 5.74) is 8.00. The minimum atomic E-state index is 0.666. The Morgan fingerprint density at radius 3 is 3.20 bits per heavy atom. The third kappa shape index (κ3) is 0.572. The van der Waals surface area contributed by atoms with Crippen molar-refractivity contribution < 1.29 is 0 Å². The minimum absolute atomic E-state index is 0.666. The first-order valence-corrected chi connectivity index (χ1v) is 2.96. The summed E-state index contributed by atoms with van der Waals surface area (Å²) in [7, 11) is 0. The van der Waals surface area contributed by atoms with Crippen LogP contribution in [0.1, 0.15) is 0 Å². The van der Waals surface area contributed by atoms with Crippen LogP contribution in [0, 0.1) is 6.07 Å². The van der Waals surface area contributed by atoms with Crippen LogP contribution in [-0.2, 0) is 0 Å². The SMILES string of the molecule is Nc1c[c]cc2[nH]cnc12. The van der Waals surface area contributed by atoms with Gasteiger partial charge in [0.2, 0.25) is 0 Å². The van der Waals surface area contributed by atoms with E-state index in [-0.39, 0.29) is 0 Å². The average molecular weight is 132 g/mol. The van der Waals surface area contributed by atoms with Gasteiger partial charge < -0.3 is 10.7 Å². The molecule has 0 saturated heterocycles. The number of fused-ring (bicyclic) bond motifs is 1. The zero-order valence-corrected chi connectivity index (χ0v) is 5.26. The molecule has 0 bridgehead atoms. The Kier molecular flexibility index (Phi) is 0.917. The zero-order valence-electron chi connectivity index (χ0n) is 5.26. The molecule has 1 heterocycles. The predicted octanol–water partition coefficient (Wildman–Crippen LogP) is 0.945. The Balaban J connectivity index is 2.95. The summed E-state index contributed by atoms with van der Waals surface area (Å²) in [4.78, 5) is 6.96. The van der Waals surface area contributed by atoms with Gasteiger partial charge in [0, 0.05) is 0 Å². The molecule has 1 radical (unpaired) electrons. The molecular formula is C7H6N3. The molecule has 2 rings (SSSR count). The molecule has 0 aliphatic heterocycles. The number of rotatable bonds is 0. The highest BCUT2D eigenvalue weighted by atomic mass is 14.9. The largest absolute Gasteiger partial charge is 0.397 e. The standard InChI is InChI=1S/C7H6N3/c8-5-2-1-3-6-7(5)10-4-9-6/h2-4H,8H2,(H,9,10). The monoisotopic (exact) mass is 132 g/mol. The van der Waals surface area contributed by atoms with E-state index in [0.29, 0.717) is 5.69 Å². The van der Waals surface area contributed by atoms with Gasteiger partial charge in [0.1, 0.15) is 5.52 Å². The highest BCUT2D eigenvalue weighted by Gasteiger charge is 1.96. The molecular weight excluding hydrogens is 126 g/mol. The topological polar surface area (TPSA) is 54.7 Å². The van der Waals surface area contributed by atoms with Crippen molar-refractivity contribution in [1.29, 1.82) is 0 Å². The second-order valence-corrected chi connectivity index (χ2v) is 2.08. The van der Waals surface area contributed by atoms with Crippen molar-refractivity contribution in [1.82, 2.24) is 9.97 Å². The summed E-state index contributed by atoms with van der Waals surface area (Å²) in [6.45, 7) is 0. The van der Waals surface area contributed by atoms with Crippen LogP contribution in [0.2, 0.25) is 0 Å². The van der Waals surface area contributed by atoms with E-state index < -0.39 is 0 Å². The maximum Gasteiger partial charge on any atom is 0.111 e. The van der Waals surface area contributed by atoms with E-state index in [1.807, 2.05) is 6.07 Å². The van der Waals surface area contributed by atoms with Gasteiger partial charge in [-0.3, -0.25) is 0 Å². The molecule has 0 aliphatic rings. The second-order valence-electron chi connectivity index (χ2n) is 2.08. The fourth-order valence-corrected chi connectivity index (χ4v) is 0.927. The van der Waals surface area contributed by atoms with Crippen molar-refractivity contribution in [2.24, 2.45) is 0 Å². The van der Waals surface area contributed by atoms with Gasteiger partial charge in [-0.15, -0.1) is 0 Å². The van der Waals surface area contributed by atoms with Crippen molar-refractivity contribution in [2.45, 2.75) is 0 Å². The van der Waals surface area contributed by atoms with Crippen LogP contribution in [-0.4, -0.2) is 9.97 Å². The molecule has 10 heavy (non-hydrogen) atoms. The number of nitrogens with zero attached hydrogens (tertiary/aromatic N) is 1. The van der Waals surface area contributed by atoms with Gasteiger partial charge in [-0.1, -0.05) is 0 Å². The van der Waals surface area contributed by atoms with E-state index in [2.05, 4.69) is 16.0 Å². The molecule has 3 heteroatoms. The molecule has 0 fully saturated rings. The van der Waals surface area contributed by atoms with Gasteiger partial charge >= 0.3 is 0 Å². The van der Waals surface area contributed by atoms with Crippen LogP contribution in [0.15, 0.2) is 18.5 Å². The maximum atomic E-state index is 5.59. The molecule has 0 aliphatic carbocycles. The summed E-state index contributed by atoms with van der Waals surface area (Å²) in [5.74, 6) is 0. The molecule has 3 nitrogen and oxygen atoms in total. The highest BCUT2D eigenvalue weighted by molar-refractivity contribution is 5.86. The molecule has 49 valence electrons. The van der Waals surface area contributed by atoms with Gasteiger partial charge in [0.25, 0.3) is 0 Å². The molecule has 1 aromatic carbocycles. The lowest BCUT2D eigenvalue weighted by atomic mass is 10.3. The van der Waals surface area contributed by atoms with E-state index in [1.54, 1.807) is 12.4 Å². The Morgan fingerprint density at radius 2 is 2.40 bits per heavy atom. The summed E-state index contributed by atoms with van der Waals surface area (Å²) < 4.78 is 0. The third-order valence-electron chi connectivity index (χ3n) is 1.41. The fourth-order valence-electron chi connectivity index (χ4n) is 0.927. The number of hydrogen-bond acceptors (Lipinski definition) is 2.